The number of fused-ring (bicyclic) bond motifs is 1. The van der Waals surface area contributed by atoms with E-state index in [1.54, 1.807) is 0 Å². The zero-order valence-electron chi connectivity index (χ0n) is 11.5. The van der Waals surface area contributed by atoms with Crippen molar-refractivity contribution >= 4 is 38.4 Å². The van der Waals surface area contributed by atoms with Crippen LogP contribution in [0.1, 0.15) is 11.1 Å². The predicted octanol–water partition coefficient (Wildman–Crippen LogP) is 4.61. The number of rotatable bonds is 4. The summed E-state index contributed by atoms with van der Waals surface area (Å²) in [4.78, 5) is 0. The third kappa shape index (κ3) is 3.00. The molecule has 0 bridgehead atoms. The lowest BCUT2D eigenvalue weighted by atomic mass is 10.1. The van der Waals surface area contributed by atoms with E-state index in [0.29, 0.717) is 6.54 Å². The van der Waals surface area contributed by atoms with Crippen molar-refractivity contribution < 1.29 is 0 Å². The van der Waals surface area contributed by atoms with Crippen molar-refractivity contribution in [3.8, 4) is 0 Å². The Morgan fingerprint density at radius 1 is 1.10 bits per heavy atom. The van der Waals surface area contributed by atoms with E-state index < -0.39 is 0 Å². The number of aromatic nitrogens is 1. The van der Waals surface area contributed by atoms with Crippen LogP contribution < -0.4 is 5.73 Å². The largest absolute Gasteiger partial charge is 0.343 e. The minimum atomic E-state index is 0.650. The Bertz CT molecular complexity index is 780. The highest BCUT2D eigenvalue weighted by atomic mass is 79.9. The zero-order chi connectivity index (χ0) is 14.8. The van der Waals surface area contributed by atoms with Gasteiger partial charge in [0.25, 0.3) is 0 Å². The van der Waals surface area contributed by atoms with Crippen LogP contribution in [-0.4, -0.2) is 11.1 Å². The SMILES string of the molecule is NCCc1cn(Cc2ccccc2Br)c2cc(Cl)ccc12. The molecule has 0 radical (unpaired) electrons. The molecule has 21 heavy (non-hydrogen) atoms. The quantitative estimate of drug-likeness (QED) is 0.721. The molecule has 4 heteroatoms. The molecule has 2 nitrogen and oxygen atoms in total. The normalized spacial score (nSPS) is 11.2. The van der Waals surface area contributed by atoms with E-state index in [4.69, 9.17) is 17.3 Å². The molecule has 0 aliphatic carbocycles. The fraction of sp³-hybridized carbons (Fsp3) is 0.176. The highest BCUT2D eigenvalue weighted by molar-refractivity contribution is 9.10. The Morgan fingerprint density at radius 2 is 1.90 bits per heavy atom. The Hall–Kier alpha value is -1.29. The van der Waals surface area contributed by atoms with Crippen LogP contribution in [0, 0.1) is 0 Å². The minimum Gasteiger partial charge on any atom is -0.343 e. The zero-order valence-corrected chi connectivity index (χ0v) is 13.9. The predicted molar refractivity (Wildman–Crippen MR) is 93.0 cm³/mol. The van der Waals surface area contributed by atoms with Gasteiger partial charge in [0, 0.05) is 27.6 Å². The number of benzene rings is 2. The van der Waals surface area contributed by atoms with Gasteiger partial charge in [0.2, 0.25) is 0 Å². The van der Waals surface area contributed by atoms with Crippen molar-refractivity contribution in [3.05, 3.63) is 69.3 Å². The lowest BCUT2D eigenvalue weighted by molar-refractivity contribution is 0.824. The third-order valence-electron chi connectivity index (χ3n) is 3.64. The summed E-state index contributed by atoms with van der Waals surface area (Å²) in [5.41, 5.74) is 9.40. The van der Waals surface area contributed by atoms with Crippen molar-refractivity contribution in [1.29, 1.82) is 0 Å². The molecule has 0 aliphatic heterocycles. The van der Waals surface area contributed by atoms with Gasteiger partial charge in [-0.25, -0.2) is 0 Å². The van der Waals surface area contributed by atoms with Gasteiger partial charge >= 0.3 is 0 Å². The first-order chi connectivity index (χ1) is 10.2. The summed E-state index contributed by atoms with van der Waals surface area (Å²) < 4.78 is 3.36. The first-order valence-electron chi connectivity index (χ1n) is 6.90. The van der Waals surface area contributed by atoms with Crippen LogP contribution in [0.4, 0.5) is 0 Å². The molecule has 2 aromatic carbocycles. The monoisotopic (exact) mass is 362 g/mol. The average molecular weight is 364 g/mol. The van der Waals surface area contributed by atoms with Crippen molar-refractivity contribution in [2.24, 2.45) is 5.73 Å². The van der Waals surface area contributed by atoms with Crippen molar-refractivity contribution in [3.63, 3.8) is 0 Å². The summed E-state index contributed by atoms with van der Waals surface area (Å²) in [6.07, 6.45) is 3.06. The van der Waals surface area contributed by atoms with Gasteiger partial charge < -0.3 is 10.3 Å². The molecule has 1 aromatic heterocycles. The Balaban J connectivity index is 2.09. The summed E-state index contributed by atoms with van der Waals surface area (Å²) in [6.45, 7) is 1.46. The molecule has 0 atom stereocenters. The topological polar surface area (TPSA) is 30.9 Å². The molecule has 0 saturated heterocycles. The molecule has 0 unspecified atom stereocenters. The van der Waals surface area contributed by atoms with Gasteiger partial charge in [-0.15, -0.1) is 0 Å². The fourth-order valence-corrected chi connectivity index (χ4v) is 3.21. The van der Waals surface area contributed by atoms with Crippen LogP contribution in [-0.2, 0) is 13.0 Å². The van der Waals surface area contributed by atoms with Gasteiger partial charge in [-0.3, -0.25) is 0 Å². The Labute approximate surface area is 137 Å². The maximum Gasteiger partial charge on any atom is 0.0501 e. The first kappa shape index (κ1) is 14.6. The molecule has 0 saturated carbocycles. The van der Waals surface area contributed by atoms with Crippen molar-refractivity contribution in [2.45, 2.75) is 13.0 Å². The highest BCUT2D eigenvalue weighted by Crippen LogP contribution is 2.27. The maximum absolute atomic E-state index is 6.16. The van der Waals surface area contributed by atoms with Gasteiger partial charge in [-0.1, -0.05) is 51.8 Å². The number of nitrogens with zero attached hydrogens (tertiary/aromatic N) is 1. The summed E-state index contributed by atoms with van der Waals surface area (Å²) >= 11 is 9.77. The molecule has 3 aromatic rings. The Kier molecular flexibility index (Phi) is 4.34. The molecule has 1 heterocycles. The fourth-order valence-electron chi connectivity index (χ4n) is 2.64. The molecule has 0 spiro atoms. The van der Waals surface area contributed by atoms with Crippen LogP contribution in [0.15, 0.2) is 53.1 Å². The van der Waals surface area contributed by atoms with Gasteiger partial charge in [0.05, 0.1) is 5.52 Å². The van der Waals surface area contributed by atoms with Crippen LogP contribution in [0.5, 0.6) is 0 Å². The van der Waals surface area contributed by atoms with Gasteiger partial charge in [0.15, 0.2) is 0 Å². The molecular weight excluding hydrogens is 348 g/mol. The maximum atomic E-state index is 6.16. The molecular formula is C17H16BrClN2. The summed E-state index contributed by atoms with van der Waals surface area (Å²) in [5, 5.41) is 1.99. The molecule has 3 rings (SSSR count). The van der Waals surface area contributed by atoms with Gasteiger partial charge in [-0.2, -0.15) is 0 Å². The highest BCUT2D eigenvalue weighted by Gasteiger charge is 2.10. The lowest BCUT2D eigenvalue weighted by Crippen LogP contribution is -2.02. The molecule has 0 aliphatic rings. The van der Waals surface area contributed by atoms with Gasteiger partial charge in [0.1, 0.15) is 0 Å². The standard InChI is InChI=1S/C17H16BrClN2/c18-16-4-2-1-3-13(16)11-21-10-12(7-8-20)15-6-5-14(19)9-17(15)21/h1-6,9-10H,7-8,11,20H2. The second-order valence-corrected chi connectivity index (χ2v) is 6.36. The van der Waals surface area contributed by atoms with Gasteiger partial charge in [-0.05, 0) is 42.3 Å². The van der Waals surface area contributed by atoms with Crippen molar-refractivity contribution in [1.82, 2.24) is 4.57 Å². The van der Waals surface area contributed by atoms with Crippen LogP contribution in [0.2, 0.25) is 5.02 Å². The second-order valence-electron chi connectivity index (χ2n) is 5.07. The molecule has 108 valence electrons. The van der Waals surface area contributed by atoms with E-state index in [1.165, 1.54) is 16.5 Å². The summed E-state index contributed by atoms with van der Waals surface area (Å²) in [5.74, 6) is 0. The van der Waals surface area contributed by atoms with E-state index >= 15 is 0 Å². The van der Waals surface area contributed by atoms with Crippen LogP contribution in [0.3, 0.4) is 0 Å². The van der Waals surface area contributed by atoms with E-state index in [1.807, 2.05) is 18.2 Å². The van der Waals surface area contributed by atoms with Crippen molar-refractivity contribution in [2.75, 3.05) is 6.54 Å². The smallest absolute Gasteiger partial charge is 0.0501 e. The minimum absolute atomic E-state index is 0.650. The molecule has 2 N–H and O–H groups in total. The third-order valence-corrected chi connectivity index (χ3v) is 4.65. The van der Waals surface area contributed by atoms with Crippen LogP contribution >= 0.6 is 27.5 Å². The summed E-state index contributed by atoms with van der Waals surface area (Å²) in [6, 6.07) is 14.3. The second kappa shape index (κ2) is 6.22. The molecule has 0 amide bonds. The first-order valence-corrected chi connectivity index (χ1v) is 8.07. The number of halogens is 2. The van der Waals surface area contributed by atoms with E-state index in [-0.39, 0.29) is 0 Å². The average Bonchev–Trinajstić information content (AvgIpc) is 2.79. The number of hydrogen-bond donors (Lipinski definition) is 1. The van der Waals surface area contributed by atoms with E-state index in [9.17, 15) is 0 Å². The molecule has 0 fully saturated rings. The van der Waals surface area contributed by atoms with Crippen LogP contribution in [0.25, 0.3) is 10.9 Å². The lowest BCUT2D eigenvalue weighted by Gasteiger charge is -2.07. The Morgan fingerprint density at radius 3 is 2.67 bits per heavy atom. The van der Waals surface area contributed by atoms with E-state index in [0.717, 1.165) is 28.0 Å². The summed E-state index contributed by atoms with van der Waals surface area (Å²) in [7, 11) is 0. The number of nitrogens with two attached hydrogens (primary N) is 1. The van der Waals surface area contributed by atoms with E-state index in [2.05, 4.69) is 51.0 Å². The number of hydrogen-bond acceptors (Lipinski definition) is 1.